The van der Waals surface area contributed by atoms with E-state index in [0.29, 0.717) is 26.3 Å². The van der Waals surface area contributed by atoms with E-state index >= 15 is 0 Å². The van der Waals surface area contributed by atoms with Crippen LogP contribution >= 0.6 is 0 Å². The van der Waals surface area contributed by atoms with Gasteiger partial charge in [0.2, 0.25) is 5.91 Å². The smallest absolute Gasteiger partial charge is 0.226 e. The molecule has 6 nitrogen and oxygen atoms in total. The maximum Gasteiger partial charge on any atom is 0.226 e. The summed E-state index contributed by atoms with van der Waals surface area (Å²) in [5, 5.41) is 4.70. The number of furan rings is 1. The molecular weight excluding hydrogens is 318 g/mol. The summed E-state index contributed by atoms with van der Waals surface area (Å²) in [5.74, 6) is 1.05. The van der Waals surface area contributed by atoms with E-state index in [1.54, 1.807) is 6.26 Å². The highest BCUT2D eigenvalue weighted by Gasteiger charge is 2.29. The molecule has 0 atom stereocenters. The minimum Gasteiger partial charge on any atom is -0.467 e. The number of carbonyl (C=O) groups is 1. The van der Waals surface area contributed by atoms with Gasteiger partial charge in [-0.1, -0.05) is 0 Å². The number of aromatic nitrogens is 2. The first kappa shape index (κ1) is 16.4. The van der Waals surface area contributed by atoms with Crippen molar-refractivity contribution in [2.24, 2.45) is 13.0 Å². The van der Waals surface area contributed by atoms with Crippen molar-refractivity contribution in [1.82, 2.24) is 14.7 Å². The topological polar surface area (TPSA) is 60.5 Å². The average molecular weight is 343 g/mol. The van der Waals surface area contributed by atoms with Crippen molar-refractivity contribution in [2.75, 3.05) is 13.2 Å². The number of nitrogens with zero attached hydrogens (tertiary/aromatic N) is 3. The molecule has 2 aromatic rings. The van der Waals surface area contributed by atoms with Crippen LogP contribution in [0.5, 0.6) is 0 Å². The summed E-state index contributed by atoms with van der Waals surface area (Å²) >= 11 is 0. The number of carbonyl (C=O) groups excluding carboxylic acids is 1. The third-order valence-corrected chi connectivity index (χ3v) is 5.35. The van der Waals surface area contributed by atoms with Crippen molar-refractivity contribution in [3.05, 3.63) is 41.1 Å². The van der Waals surface area contributed by atoms with Crippen LogP contribution in [0, 0.1) is 5.92 Å². The number of ether oxygens (including phenoxy) is 1. The lowest BCUT2D eigenvalue weighted by Crippen LogP contribution is -2.38. The SMILES string of the molecule is Cn1nc(CN(Cc2ccco2)C(=O)C2CCOCC2)c2c1CCC2. The Kier molecular flexibility index (Phi) is 4.61. The molecule has 0 aromatic carbocycles. The third kappa shape index (κ3) is 3.35. The van der Waals surface area contributed by atoms with Gasteiger partial charge < -0.3 is 14.1 Å². The van der Waals surface area contributed by atoms with Crippen LogP contribution in [0.25, 0.3) is 0 Å². The third-order valence-electron chi connectivity index (χ3n) is 5.35. The van der Waals surface area contributed by atoms with Gasteiger partial charge in [-0.25, -0.2) is 0 Å². The molecule has 1 saturated heterocycles. The molecule has 3 heterocycles. The minimum atomic E-state index is 0.0421. The van der Waals surface area contributed by atoms with E-state index in [1.807, 2.05) is 28.8 Å². The summed E-state index contributed by atoms with van der Waals surface area (Å²) in [6.45, 7) is 2.39. The molecule has 2 aromatic heterocycles. The molecule has 0 saturated carbocycles. The number of rotatable bonds is 5. The van der Waals surface area contributed by atoms with Crippen LogP contribution < -0.4 is 0 Å². The van der Waals surface area contributed by atoms with E-state index in [-0.39, 0.29) is 11.8 Å². The van der Waals surface area contributed by atoms with E-state index in [0.717, 1.165) is 37.1 Å². The van der Waals surface area contributed by atoms with Gasteiger partial charge in [0, 0.05) is 31.9 Å². The fraction of sp³-hybridized carbons (Fsp3) is 0.579. The Morgan fingerprint density at radius 3 is 2.92 bits per heavy atom. The van der Waals surface area contributed by atoms with Crippen molar-refractivity contribution >= 4 is 5.91 Å². The molecule has 1 fully saturated rings. The van der Waals surface area contributed by atoms with Crippen LogP contribution in [-0.2, 0) is 42.5 Å². The fourth-order valence-corrected chi connectivity index (χ4v) is 4.01. The first-order valence-electron chi connectivity index (χ1n) is 9.15. The molecule has 1 amide bonds. The lowest BCUT2D eigenvalue weighted by Gasteiger charge is -2.28. The fourth-order valence-electron chi connectivity index (χ4n) is 4.01. The van der Waals surface area contributed by atoms with Gasteiger partial charge in [0.05, 0.1) is 25.0 Å². The predicted octanol–water partition coefficient (Wildman–Crippen LogP) is 2.46. The average Bonchev–Trinajstić information content (AvgIpc) is 3.36. The second-order valence-corrected chi connectivity index (χ2v) is 7.01. The number of hydrogen-bond donors (Lipinski definition) is 0. The van der Waals surface area contributed by atoms with E-state index in [2.05, 4.69) is 0 Å². The van der Waals surface area contributed by atoms with Crippen molar-refractivity contribution in [3.63, 3.8) is 0 Å². The van der Waals surface area contributed by atoms with Crippen LogP contribution in [0.2, 0.25) is 0 Å². The molecule has 2 aliphatic rings. The molecule has 4 rings (SSSR count). The Hall–Kier alpha value is -2.08. The first-order chi connectivity index (χ1) is 12.2. The predicted molar refractivity (Wildman–Crippen MR) is 91.7 cm³/mol. The molecule has 0 radical (unpaired) electrons. The van der Waals surface area contributed by atoms with Crippen molar-refractivity contribution < 1.29 is 13.9 Å². The normalized spacial score (nSPS) is 17.6. The minimum absolute atomic E-state index is 0.0421. The summed E-state index contributed by atoms with van der Waals surface area (Å²) in [5.41, 5.74) is 3.71. The van der Waals surface area contributed by atoms with E-state index in [1.165, 1.54) is 17.7 Å². The molecule has 0 bridgehead atoms. The summed E-state index contributed by atoms with van der Waals surface area (Å²) in [4.78, 5) is 15.0. The van der Waals surface area contributed by atoms with E-state index in [4.69, 9.17) is 14.3 Å². The molecule has 0 spiro atoms. The molecule has 0 unspecified atom stereocenters. The lowest BCUT2D eigenvalue weighted by molar-refractivity contribution is -0.140. The van der Waals surface area contributed by atoms with Crippen molar-refractivity contribution in [2.45, 2.75) is 45.2 Å². The molecule has 1 aliphatic carbocycles. The van der Waals surface area contributed by atoms with Gasteiger partial charge in [-0.2, -0.15) is 5.10 Å². The molecular formula is C19H25N3O3. The molecule has 25 heavy (non-hydrogen) atoms. The largest absolute Gasteiger partial charge is 0.467 e. The van der Waals surface area contributed by atoms with Gasteiger partial charge in [-0.05, 0) is 49.8 Å². The molecule has 6 heteroatoms. The maximum atomic E-state index is 13.1. The lowest BCUT2D eigenvalue weighted by atomic mass is 9.98. The van der Waals surface area contributed by atoms with Crippen LogP contribution in [0.1, 0.15) is 42.0 Å². The summed E-state index contributed by atoms with van der Waals surface area (Å²) in [6.07, 6.45) is 6.59. The van der Waals surface area contributed by atoms with Gasteiger partial charge >= 0.3 is 0 Å². The number of hydrogen-bond acceptors (Lipinski definition) is 4. The zero-order valence-electron chi connectivity index (χ0n) is 14.7. The van der Waals surface area contributed by atoms with Gasteiger partial charge in [-0.15, -0.1) is 0 Å². The second-order valence-electron chi connectivity index (χ2n) is 7.01. The summed E-state index contributed by atoms with van der Waals surface area (Å²) in [7, 11) is 2.00. The zero-order valence-corrected chi connectivity index (χ0v) is 14.7. The number of amides is 1. The number of fused-ring (bicyclic) bond motifs is 1. The quantitative estimate of drug-likeness (QED) is 0.837. The van der Waals surface area contributed by atoms with Gasteiger partial charge in [-0.3, -0.25) is 9.48 Å². The monoisotopic (exact) mass is 343 g/mol. The molecule has 134 valence electrons. The highest BCUT2D eigenvalue weighted by molar-refractivity contribution is 5.79. The first-order valence-corrected chi connectivity index (χ1v) is 9.15. The van der Waals surface area contributed by atoms with Gasteiger partial charge in [0.1, 0.15) is 5.76 Å². The Balaban J connectivity index is 1.56. The molecule has 1 aliphatic heterocycles. The summed E-state index contributed by atoms with van der Waals surface area (Å²) < 4.78 is 12.9. The van der Waals surface area contributed by atoms with E-state index < -0.39 is 0 Å². The van der Waals surface area contributed by atoms with Crippen molar-refractivity contribution in [1.29, 1.82) is 0 Å². The maximum absolute atomic E-state index is 13.1. The summed E-state index contributed by atoms with van der Waals surface area (Å²) in [6, 6.07) is 3.79. The highest BCUT2D eigenvalue weighted by Crippen LogP contribution is 2.27. The Morgan fingerprint density at radius 2 is 2.16 bits per heavy atom. The highest BCUT2D eigenvalue weighted by atomic mass is 16.5. The van der Waals surface area contributed by atoms with Crippen LogP contribution in [0.15, 0.2) is 22.8 Å². The van der Waals surface area contributed by atoms with Gasteiger partial charge in [0.15, 0.2) is 0 Å². The Morgan fingerprint density at radius 1 is 1.32 bits per heavy atom. The van der Waals surface area contributed by atoms with E-state index in [9.17, 15) is 4.79 Å². The zero-order chi connectivity index (χ0) is 17.2. The standard InChI is InChI=1S/C19H25N3O3/c1-21-18-6-2-5-16(18)17(20-21)13-22(12-15-4-3-9-25-15)19(23)14-7-10-24-11-8-14/h3-4,9,14H,2,5-8,10-13H2,1H3. The Bertz CT molecular complexity index is 729. The van der Waals surface area contributed by atoms with Crippen LogP contribution in [0.4, 0.5) is 0 Å². The van der Waals surface area contributed by atoms with Gasteiger partial charge in [0.25, 0.3) is 0 Å². The number of aryl methyl sites for hydroxylation is 1. The Labute approximate surface area is 147 Å². The van der Waals surface area contributed by atoms with Crippen molar-refractivity contribution in [3.8, 4) is 0 Å². The molecule has 0 N–H and O–H groups in total. The van der Waals surface area contributed by atoms with Crippen LogP contribution in [-0.4, -0.2) is 33.8 Å². The second kappa shape index (κ2) is 7.04. The van der Waals surface area contributed by atoms with Crippen LogP contribution in [0.3, 0.4) is 0 Å².